The summed E-state index contributed by atoms with van der Waals surface area (Å²) in [6.07, 6.45) is 0.0748. The number of anilines is 2. The third-order valence-electron chi connectivity index (χ3n) is 4.52. The molecule has 0 saturated carbocycles. The first kappa shape index (κ1) is 17.6. The summed E-state index contributed by atoms with van der Waals surface area (Å²) in [5, 5.41) is 2.74. The van der Waals surface area contributed by atoms with Crippen LogP contribution in [0, 0.1) is 11.7 Å². The van der Waals surface area contributed by atoms with Crippen molar-refractivity contribution in [1.29, 1.82) is 0 Å². The molecule has 1 atom stereocenters. The topological polar surface area (TPSA) is 67.9 Å². The molecule has 1 saturated heterocycles. The minimum atomic E-state index is -0.556. The fourth-order valence-electron chi connectivity index (χ4n) is 3.15. The van der Waals surface area contributed by atoms with E-state index in [9.17, 15) is 14.0 Å². The second kappa shape index (κ2) is 7.08. The van der Waals surface area contributed by atoms with Crippen LogP contribution in [-0.4, -0.2) is 31.6 Å². The lowest BCUT2D eigenvalue weighted by atomic mass is 10.1. The van der Waals surface area contributed by atoms with Crippen molar-refractivity contribution in [2.24, 2.45) is 5.92 Å². The zero-order chi connectivity index (χ0) is 19.0. The molecule has 1 fully saturated rings. The van der Waals surface area contributed by atoms with Crippen LogP contribution in [0.15, 0.2) is 36.4 Å². The number of hydrogen-bond donors (Lipinski definition) is 1. The van der Waals surface area contributed by atoms with Gasteiger partial charge in [0.25, 0.3) is 0 Å². The Hall–Kier alpha value is -2.80. The third-order valence-corrected chi connectivity index (χ3v) is 4.81. The molecule has 140 valence electrons. The van der Waals surface area contributed by atoms with E-state index in [1.165, 1.54) is 23.1 Å². The lowest BCUT2D eigenvalue weighted by Crippen LogP contribution is -2.28. The molecule has 8 heteroatoms. The molecule has 0 radical (unpaired) electrons. The Bertz CT molecular complexity index is 921. The normalized spacial score (nSPS) is 18.5. The Kier molecular flexibility index (Phi) is 4.61. The molecule has 0 spiro atoms. The zero-order valence-electron chi connectivity index (χ0n) is 14.2. The average Bonchev–Trinajstić information content (AvgIpc) is 3.06. The second-order valence-electron chi connectivity index (χ2n) is 6.35. The maximum atomic E-state index is 13.3. The van der Waals surface area contributed by atoms with Gasteiger partial charge in [0.15, 0.2) is 11.5 Å². The summed E-state index contributed by atoms with van der Waals surface area (Å²) in [6, 6.07) is 9.21. The summed E-state index contributed by atoms with van der Waals surface area (Å²) < 4.78 is 24.3. The zero-order valence-corrected chi connectivity index (χ0v) is 15.0. The van der Waals surface area contributed by atoms with Gasteiger partial charge in [0.2, 0.25) is 11.8 Å². The number of nitrogens with zero attached hydrogens (tertiary/aromatic N) is 1. The van der Waals surface area contributed by atoms with Gasteiger partial charge in [0, 0.05) is 30.4 Å². The van der Waals surface area contributed by atoms with Crippen molar-refractivity contribution in [1.82, 2.24) is 0 Å². The summed E-state index contributed by atoms with van der Waals surface area (Å²) in [4.78, 5) is 26.3. The number of carbonyl (C=O) groups excluding carboxylic acids is 2. The van der Waals surface area contributed by atoms with Gasteiger partial charge in [-0.2, -0.15) is 0 Å². The largest absolute Gasteiger partial charge is 0.486 e. The number of hydrogen-bond acceptors (Lipinski definition) is 4. The van der Waals surface area contributed by atoms with Crippen LogP contribution in [0.2, 0.25) is 5.02 Å². The predicted molar refractivity (Wildman–Crippen MR) is 97.9 cm³/mol. The quantitative estimate of drug-likeness (QED) is 0.873. The van der Waals surface area contributed by atoms with E-state index >= 15 is 0 Å². The van der Waals surface area contributed by atoms with E-state index in [0.717, 1.165) is 0 Å². The highest BCUT2D eigenvalue weighted by Crippen LogP contribution is 2.33. The van der Waals surface area contributed by atoms with E-state index in [2.05, 4.69) is 5.32 Å². The molecule has 6 nitrogen and oxygen atoms in total. The number of carbonyl (C=O) groups is 2. The molecular weight excluding hydrogens is 375 g/mol. The van der Waals surface area contributed by atoms with Crippen LogP contribution in [0.25, 0.3) is 0 Å². The molecule has 0 aliphatic carbocycles. The van der Waals surface area contributed by atoms with Crippen LogP contribution in [0.5, 0.6) is 11.5 Å². The SMILES string of the molecule is O=C(Nc1ccc2c(c1)OCCO2)C1CC(=O)N(c2ccc(F)c(Cl)c2)C1. The van der Waals surface area contributed by atoms with Crippen LogP contribution >= 0.6 is 11.6 Å². The van der Waals surface area contributed by atoms with E-state index in [0.29, 0.717) is 36.1 Å². The molecule has 2 aromatic carbocycles. The van der Waals surface area contributed by atoms with E-state index in [1.54, 1.807) is 18.2 Å². The van der Waals surface area contributed by atoms with Gasteiger partial charge in [-0.05, 0) is 30.3 Å². The molecule has 2 aromatic rings. The summed E-state index contributed by atoms with van der Waals surface area (Å²) in [6.45, 7) is 1.15. The van der Waals surface area contributed by atoms with Crippen molar-refractivity contribution in [3.63, 3.8) is 0 Å². The van der Waals surface area contributed by atoms with E-state index in [4.69, 9.17) is 21.1 Å². The number of benzene rings is 2. The van der Waals surface area contributed by atoms with Crippen LogP contribution in [0.4, 0.5) is 15.8 Å². The summed E-state index contributed by atoms with van der Waals surface area (Å²) in [5.74, 6) is -0.344. The minimum Gasteiger partial charge on any atom is -0.486 e. The molecule has 2 aliphatic rings. The predicted octanol–water partition coefficient (Wildman–Crippen LogP) is 3.24. The van der Waals surface area contributed by atoms with Crippen molar-refractivity contribution >= 4 is 34.8 Å². The molecule has 4 rings (SSSR count). The van der Waals surface area contributed by atoms with Crippen molar-refractivity contribution < 1.29 is 23.5 Å². The molecular formula is C19H16ClFN2O4. The van der Waals surface area contributed by atoms with Gasteiger partial charge < -0.3 is 19.7 Å². The Morgan fingerprint density at radius 1 is 1.15 bits per heavy atom. The van der Waals surface area contributed by atoms with Gasteiger partial charge in [0.1, 0.15) is 19.0 Å². The number of halogens is 2. The Morgan fingerprint density at radius 2 is 1.93 bits per heavy atom. The number of ether oxygens (including phenoxy) is 2. The van der Waals surface area contributed by atoms with E-state index < -0.39 is 11.7 Å². The van der Waals surface area contributed by atoms with E-state index in [-0.39, 0.29) is 29.8 Å². The Morgan fingerprint density at radius 3 is 2.70 bits per heavy atom. The second-order valence-corrected chi connectivity index (χ2v) is 6.76. The van der Waals surface area contributed by atoms with Gasteiger partial charge >= 0.3 is 0 Å². The fourth-order valence-corrected chi connectivity index (χ4v) is 3.33. The van der Waals surface area contributed by atoms with Gasteiger partial charge in [0.05, 0.1) is 10.9 Å². The Labute approximate surface area is 159 Å². The average molecular weight is 391 g/mol. The van der Waals surface area contributed by atoms with Crippen molar-refractivity contribution in [3.05, 3.63) is 47.2 Å². The standard InChI is InChI=1S/C19H16ClFN2O4/c20-14-9-13(2-3-15(14)21)23-10-11(7-18(23)24)19(25)22-12-1-4-16-17(8-12)27-6-5-26-16/h1-4,8-9,11H,5-7,10H2,(H,22,25). The Balaban J connectivity index is 1.45. The maximum absolute atomic E-state index is 13.3. The van der Waals surface area contributed by atoms with Gasteiger partial charge in [-0.25, -0.2) is 4.39 Å². The summed E-state index contributed by atoms with van der Waals surface area (Å²) >= 11 is 5.79. The molecule has 0 bridgehead atoms. The van der Waals surface area contributed by atoms with Gasteiger partial charge in [-0.1, -0.05) is 11.6 Å². The molecule has 2 amide bonds. The lowest BCUT2D eigenvalue weighted by Gasteiger charge is -2.19. The van der Waals surface area contributed by atoms with Gasteiger partial charge in [-0.3, -0.25) is 9.59 Å². The fraction of sp³-hybridized carbons (Fsp3) is 0.263. The lowest BCUT2D eigenvalue weighted by molar-refractivity contribution is -0.122. The van der Waals surface area contributed by atoms with Crippen LogP contribution in [0.1, 0.15) is 6.42 Å². The molecule has 2 aliphatic heterocycles. The first-order valence-corrected chi connectivity index (χ1v) is 8.85. The third kappa shape index (κ3) is 3.55. The molecule has 2 heterocycles. The number of nitrogens with one attached hydrogen (secondary N) is 1. The number of rotatable bonds is 3. The highest BCUT2D eigenvalue weighted by Gasteiger charge is 2.35. The summed E-state index contributed by atoms with van der Waals surface area (Å²) in [5.41, 5.74) is 1.04. The minimum absolute atomic E-state index is 0.0653. The van der Waals surface area contributed by atoms with Crippen molar-refractivity contribution in [2.75, 3.05) is 30.0 Å². The summed E-state index contributed by atoms with van der Waals surface area (Å²) in [7, 11) is 0. The highest BCUT2D eigenvalue weighted by molar-refractivity contribution is 6.31. The first-order valence-electron chi connectivity index (χ1n) is 8.47. The van der Waals surface area contributed by atoms with Crippen LogP contribution < -0.4 is 19.7 Å². The van der Waals surface area contributed by atoms with Gasteiger partial charge in [-0.15, -0.1) is 0 Å². The smallest absolute Gasteiger partial charge is 0.229 e. The molecule has 1 N–H and O–H groups in total. The van der Waals surface area contributed by atoms with Crippen molar-refractivity contribution in [3.8, 4) is 11.5 Å². The number of amides is 2. The molecule has 0 aromatic heterocycles. The monoisotopic (exact) mass is 390 g/mol. The number of fused-ring (bicyclic) bond motifs is 1. The first-order chi connectivity index (χ1) is 13.0. The highest BCUT2D eigenvalue weighted by atomic mass is 35.5. The molecule has 27 heavy (non-hydrogen) atoms. The van der Waals surface area contributed by atoms with Crippen molar-refractivity contribution in [2.45, 2.75) is 6.42 Å². The van der Waals surface area contributed by atoms with Crippen LogP contribution in [0.3, 0.4) is 0 Å². The molecule has 1 unspecified atom stereocenters. The van der Waals surface area contributed by atoms with E-state index in [1.807, 2.05) is 0 Å². The maximum Gasteiger partial charge on any atom is 0.229 e. The van der Waals surface area contributed by atoms with Crippen LogP contribution in [-0.2, 0) is 9.59 Å².